The van der Waals surface area contributed by atoms with E-state index in [-0.39, 0.29) is 16.1 Å². The van der Waals surface area contributed by atoms with Crippen molar-refractivity contribution in [2.24, 2.45) is 0 Å². The highest BCUT2D eigenvalue weighted by Gasteiger charge is 2.20. The first-order valence-electron chi connectivity index (χ1n) is 9.76. The maximum Gasteiger partial charge on any atom is 0.340 e. The van der Waals surface area contributed by atoms with Crippen molar-refractivity contribution in [3.8, 4) is 5.75 Å². The lowest BCUT2D eigenvalue weighted by Crippen LogP contribution is -2.22. The van der Waals surface area contributed by atoms with E-state index >= 15 is 0 Å². The standard InChI is InChI=1S/C23H22N2O6S/c1-2-30-18-12-14-19(15-13-18)32(28,29)25-21-11-7-6-10-20(21)23(27)31-16-22(26)24-17-8-4-3-5-9-17/h3-15,25H,2,16H2,1H3,(H,24,26). The van der Waals surface area contributed by atoms with Gasteiger partial charge in [0.05, 0.1) is 22.8 Å². The van der Waals surface area contributed by atoms with Gasteiger partial charge in [-0.3, -0.25) is 9.52 Å². The minimum absolute atomic E-state index is 0.00589. The summed E-state index contributed by atoms with van der Waals surface area (Å²) in [7, 11) is -3.97. The Labute approximate surface area is 186 Å². The van der Waals surface area contributed by atoms with Crippen molar-refractivity contribution in [1.82, 2.24) is 0 Å². The minimum Gasteiger partial charge on any atom is -0.494 e. The van der Waals surface area contributed by atoms with Gasteiger partial charge < -0.3 is 14.8 Å². The second-order valence-corrected chi connectivity index (χ2v) is 8.23. The summed E-state index contributed by atoms with van der Waals surface area (Å²) in [5.74, 6) is -0.806. The molecule has 8 nitrogen and oxygen atoms in total. The summed E-state index contributed by atoms with van der Waals surface area (Å²) in [5, 5.41) is 2.60. The van der Waals surface area contributed by atoms with E-state index in [9.17, 15) is 18.0 Å². The predicted octanol–water partition coefficient (Wildman–Crippen LogP) is 3.68. The van der Waals surface area contributed by atoms with Gasteiger partial charge >= 0.3 is 5.97 Å². The van der Waals surface area contributed by atoms with E-state index in [0.717, 1.165) is 0 Å². The van der Waals surface area contributed by atoms with Crippen molar-refractivity contribution in [2.75, 3.05) is 23.3 Å². The first-order chi connectivity index (χ1) is 15.4. The first-order valence-corrected chi connectivity index (χ1v) is 11.2. The zero-order valence-corrected chi connectivity index (χ0v) is 18.1. The van der Waals surface area contributed by atoms with Crippen LogP contribution in [-0.4, -0.2) is 33.5 Å². The van der Waals surface area contributed by atoms with Gasteiger partial charge in [0.25, 0.3) is 15.9 Å². The number of hydrogen-bond acceptors (Lipinski definition) is 6. The smallest absolute Gasteiger partial charge is 0.340 e. The average Bonchev–Trinajstić information content (AvgIpc) is 2.79. The zero-order chi connectivity index (χ0) is 23.0. The number of hydrogen-bond donors (Lipinski definition) is 2. The molecule has 0 aromatic heterocycles. The van der Waals surface area contributed by atoms with E-state index in [1.807, 2.05) is 6.92 Å². The number of benzene rings is 3. The Morgan fingerprint density at radius 2 is 1.53 bits per heavy atom. The fourth-order valence-corrected chi connectivity index (χ4v) is 3.84. The molecule has 0 spiro atoms. The molecule has 2 N–H and O–H groups in total. The van der Waals surface area contributed by atoms with Gasteiger partial charge in [-0.25, -0.2) is 13.2 Å². The summed E-state index contributed by atoms with van der Waals surface area (Å²) < 4.78 is 38.3. The lowest BCUT2D eigenvalue weighted by Gasteiger charge is -2.13. The fraction of sp³-hybridized carbons (Fsp3) is 0.130. The van der Waals surface area contributed by atoms with Crippen LogP contribution in [0.4, 0.5) is 11.4 Å². The van der Waals surface area contributed by atoms with Gasteiger partial charge in [-0.1, -0.05) is 30.3 Å². The fourth-order valence-electron chi connectivity index (χ4n) is 2.76. The van der Waals surface area contributed by atoms with Crippen LogP contribution in [0.1, 0.15) is 17.3 Å². The van der Waals surface area contributed by atoms with E-state index in [2.05, 4.69) is 10.0 Å². The van der Waals surface area contributed by atoms with Gasteiger partial charge in [-0.15, -0.1) is 0 Å². The number of amides is 1. The Balaban J connectivity index is 1.68. The number of nitrogens with one attached hydrogen (secondary N) is 2. The zero-order valence-electron chi connectivity index (χ0n) is 17.3. The molecule has 3 aromatic rings. The number of anilines is 2. The first kappa shape index (κ1) is 22.8. The molecule has 0 aliphatic heterocycles. The molecule has 9 heteroatoms. The summed E-state index contributed by atoms with van der Waals surface area (Å²) in [6.07, 6.45) is 0. The number of rotatable bonds is 9. The van der Waals surface area contributed by atoms with Crippen molar-refractivity contribution in [1.29, 1.82) is 0 Å². The van der Waals surface area contributed by atoms with Crippen molar-refractivity contribution >= 4 is 33.3 Å². The summed E-state index contributed by atoms with van der Waals surface area (Å²) in [6.45, 7) is 1.77. The summed E-state index contributed by atoms with van der Waals surface area (Å²) >= 11 is 0. The molecule has 0 bridgehead atoms. The molecule has 0 saturated heterocycles. The van der Waals surface area contributed by atoms with E-state index in [1.165, 1.54) is 24.3 Å². The third-order valence-electron chi connectivity index (χ3n) is 4.23. The summed E-state index contributed by atoms with van der Waals surface area (Å²) in [5.41, 5.74) is 0.585. The molecular weight excluding hydrogens is 432 g/mol. The Morgan fingerprint density at radius 1 is 0.875 bits per heavy atom. The molecule has 3 aromatic carbocycles. The number of esters is 1. The van der Waals surface area contributed by atoms with Crippen LogP contribution in [0.2, 0.25) is 0 Å². The van der Waals surface area contributed by atoms with Crippen LogP contribution in [0, 0.1) is 0 Å². The second-order valence-electron chi connectivity index (χ2n) is 6.55. The van der Waals surface area contributed by atoms with Gasteiger partial charge in [-0.2, -0.15) is 0 Å². The van der Waals surface area contributed by atoms with Crippen molar-refractivity contribution in [3.05, 3.63) is 84.4 Å². The van der Waals surface area contributed by atoms with Gasteiger partial charge in [0.15, 0.2) is 6.61 Å². The highest BCUT2D eigenvalue weighted by atomic mass is 32.2. The maximum absolute atomic E-state index is 12.7. The monoisotopic (exact) mass is 454 g/mol. The van der Waals surface area contributed by atoms with Crippen LogP contribution in [0.15, 0.2) is 83.8 Å². The molecular formula is C23H22N2O6S. The van der Waals surface area contributed by atoms with Crippen molar-refractivity contribution in [3.63, 3.8) is 0 Å². The molecule has 32 heavy (non-hydrogen) atoms. The quantitative estimate of drug-likeness (QED) is 0.477. The summed E-state index contributed by atoms with van der Waals surface area (Å²) in [4.78, 5) is 24.5. The molecule has 0 aliphatic rings. The van der Waals surface area contributed by atoms with Crippen LogP contribution >= 0.6 is 0 Å². The van der Waals surface area contributed by atoms with Crippen LogP contribution in [-0.2, 0) is 19.6 Å². The highest BCUT2D eigenvalue weighted by Crippen LogP contribution is 2.22. The molecule has 0 fully saturated rings. The maximum atomic E-state index is 12.7. The predicted molar refractivity (Wildman–Crippen MR) is 120 cm³/mol. The van der Waals surface area contributed by atoms with Crippen LogP contribution in [0.5, 0.6) is 5.75 Å². The highest BCUT2D eigenvalue weighted by molar-refractivity contribution is 7.92. The normalized spacial score (nSPS) is 10.8. The SMILES string of the molecule is CCOc1ccc(S(=O)(=O)Nc2ccccc2C(=O)OCC(=O)Nc2ccccc2)cc1. The molecule has 0 heterocycles. The van der Waals surface area contributed by atoms with E-state index < -0.39 is 28.5 Å². The van der Waals surface area contributed by atoms with E-state index in [4.69, 9.17) is 9.47 Å². The molecule has 3 rings (SSSR count). The van der Waals surface area contributed by atoms with Gasteiger partial charge in [-0.05, 0) is 55.5 Å². The number of carbonyl (C=O) groups excluding carboxylic acids is 2. The number of carbonyl (C=O) groups is 2. The third kappa shape index (κ3) is 6.08. The Kier molecular flexibility index (Phi) is 7.45. The molecule has 0 radical (unpaired) electrons. The lowest BCUT2D eigenvalue weighted by atomic mass is 10.2. The molecule has 0 unspecified atom stereocenters. The van der Waals surface area contributed by atoms with Crippen LogP contribution in [0.3, 0.4) is 0 Å². The number of sulfonamides is 1. The Morgan fingerprint density at radius 3 is 2.22 bits per heavy atom. The largest absolute Gasteiger partial charge is 0.494 e. The van der Waals surface area contributed by atoms with Gasteiger partial charge in [0.1, 0.15) is 5.75 Å². The molecule has 0 aliphatic carbocycles. The van der Waals surface area contributed by atoms with Crippen molar-refractivity contribution < 1.29 is 27.5 Å². The molecule has 1 amide bonds. The lowest BCUT2D eigenvalue weighted by molar-refractivity contribution is -0.119. The van der Waals surface area contributed by atoms with E-state index in [0.29, 0.717) is 18.0 Å². The van der Waals surface area contributed by atoms with Gasteiger partial charge in [0, 0.05) is 5.69 Å². The average molecular weight is 455 g/mol. The topological polar surface area (TPSA) is 111 Å². The Bertz CT molecular complexity index is 1180. The van der Waals surface area contributed by atoms with E-state index in [1.54, 1.807) is 54.6 Å². The summed E-state index contributed by atoms with van der Waals surface area (Å²) in [6, 6.07) is 20.6. The Hall–Kier alpha value is -3.85. The second kappa shape index (κ2) is 10.5. The molecule has 166 valence electrons. The van der Waals surface area contributed by atoms with Crippen LogP contribution in [0.25, 0.3) is 0 Å². The minimum atomic E-state index is -3.97. The molecule has 0 atom stereocenters. The van der Waals surface area contributed by atoms with Gasteiger partial charge in [0.2, 0.25) is 0 Å². The molecule has 0 saturated carbocycles. The number of para-hydroxylation sites is 2. The van der Waals surface area contributed by atoms with Crippen LogP contribution < -0.4 is 14.8 Å². The van der Waals surface area contributed by atoms with Crippen molar-refractivity contribution in [2.45, 2.75) is 11.8 Å². The third-order valence-corrected chi connectivity index (χ3v) is 5.61. The number of ether oxygens (including phenoxy) is 2.